The molecule has 1 nitrogen and oxygen atoms in total. The van der Waals surface area contributed by atoms with Gasteiger partial charge in [-0.15, -0.1) is 0 Å². The zero-order valence-corrected chi connectivity index (χ0v) is 10.8. The summed E-state index contributed by atoms with van der Waals surface area (Å²) in [6, 6.07) is 13.0. The maximum absolute atomic E-state index is 13.4. The average molecular weight is 243 g/mol. The molecule has 2 aromatic rings. The molecule has 94 valence electrons. The number of hydrogen-bond acceptors (Lipinski definition) is 1. The van der Waals surface area contributed by atoms with Crippen molar-refractivity contribution in [2.45, 2.75) is 26.3 Å². The average Bonchev–Trinajstić information content (AvgIpc) is 2.39. The minimum atomic E-state index is -0.225. The van der Waals surface area contributed by atoms with Gasteiger partial charge in [-0.25, -0.2) is 4.39 Å². The Labute approximate surface area is 107 Å². The molecule has 0 aliphatic heterocycles. The van der Waals surface area contributed by atoms with Crippen LogP contribution in [0.5, 0.6) is 0 Å². The molecule has 0 aliphatic rings. The fourth-order valence-corrected chi connectivity index (χ4v) is 2.06. The molecule has 0 radical (unpaired) electrons. The summed E-state index contributed by atoms with van der Waals surface area (Å²) in [4.78, 5) is 0. The third-order valence-electron chi connectivity index (χ3n) is 3.16. The molecular formula is C16H18FN. The van der Waals surface area contributed by atoms with E-state index in [1.54, 1.807) is 12.1 Å². The molecule has 2 N–H and O–H groups in total. The molecule has 0 fully saturated rings. The van der Waals surface area contributed by atoms with Gasteiger partial charge in [0.15, 0.2) is 0 Å². The second kappa shape index (κ2) is 5.32. The van der Waals surface area contributed by atoms with E-state index < -0.39 is 0 Å². The van der Waals surface area contributed by atoms with Crippen LogP contribution < -0.4 is 5.73 Å². The Balaban J connectivity index is 2.54. The second-order valence-corrected chi connectivity index (χ2v) is 4.79. The Bertz CT molecular complexity index is 547. The number of rotatable bonds is 3. The molecule has 0 heterocycles. The van der Waals surface area contributed by atoms with Gasteiger partial charge in [0.25, 0.3) is 0 Å². The predicted molar refractivity (Wildman–Crippen MR) is 73.8 cm³/mol. The van der Waals surface area contributed by atoms with E-state index in [0.717, 1.165) is 16.7 Å². The molecule has 0 unspecified atom stereocenters. The molecule has 0 atom stereocenters. The lowest BCUT2D eigenvalue weighted by molar-refractivity contribution is 0.627. The molecular weight excluding hydrogens is 225 g/mol. The highest BCUT2D eigenvalue weighted by atomic mass is 19.1. The van der Waals surface area contributed by atoms with Crippen molar-refractivity contribution in [1.29, 1.82) is 0 Å². The van der Waals surface area contributed by atoms with Crippen LogP contribution in [0.2, 0.25) is 0 Å². The Kier molecular flexibility index (Phi) is 3.78. The van der Waals surface area contributed by atoms with Gasteiger partial charge in [-0.2, -0.15) is 0 Å². The Morgan fingerprint density at radius 1 is 1.11 bits per heavy atom. The van der Waals surface area contributed by atoms with E-state index in [2.05, 4.69) is 26.0 Å². The zero-order chi connectivity index (χ0) is 13.1. The third kappa shape index (κ3) is 2.59. The van der Waals surface area contributed by atoms with Crippen molar-refractivity contribution in [3.05, 3.63) is 59.4 Å². The standard InChI is InChI=1S/C16H18FN/c1-11(2)12-4-3-5-13(8-12)16-9-15(17)7-6-14(16)10-18/h3-9,11H,10,18H2,1-2H3. The number of hydrogen-bond donors (Lipinski definition) is 1. The van der Waals surface area contributed by atoms with E-state index in [1.165, 1.54) is 11.6 Å². The fraction of sp³-hybridized carbons (Fsp3) is 0.250. The number of halogens is 1. The number of benzene rings is 2. The normalized spacial score (nSPS) is 10.9. The number of nitrogens with two attached hydrogens (primary N) is 1. The highest BCUT2D eigenvalue weighted by molar-refractivity contribution is 5.68. The lowest BCUT2D eigenvalue weighted by Crippen LogP contribution is -2.00. The summed E-state index contributed by atoms with van der Waals surface area (Å²) < 4.78 is 13.4. The summed E-state index contributed by atoms with van der Waals surface area (Å²) in [5.74, 6) is 0.233. The lowest BCUT2D eigenvalue weighted by Gasteiger charge is -2.11. The SMILES string of the molecule is CC(C)c1cccc(-c2cc(F)ccc2CN)c1. The van der Waals surface area contributed by atoms with Gasteiger partial charge < -0.3 is 5.73 Å². The second-order valence-electron chi connectivity index (χ2n) is 4.79. The van der Waals surface area contributed by atoms with Gasteiger partial charge >= 0.3 is 0 Å². The first-order chi connectivity index (χ1) is 8.61. The summed E-state index contributed by atoms with van der Waals surface area (Å²) in [5, 5.41) is 0. The van der Waals surface area contributed by atoms with Crippen LogP contribution in [0, 0.1) is 5.82 Å². The molecule has 2 heteroatoms. The Morgan fingerprint density at radius 2 is 1.89 bits per heavy atom. The van der Waals surface area contributed by atoms with E-state index in [4.69, 9.17) is 5.73 Å². The molecule has 0 saturated heterocycles. The van der Waals surface area contributed by atoms with Crippen molar-refractivity contribution in [3.8, 4) is 11.1 Å². The zero-order valence-electron chi connectivity index (χ0n) is 10.8. The van der Waals surface area contributed by atoms with Crippen molar-refractivity contribution in [3.63, 3.8) is 0 Å². The van der Waals surface area contributed by atoms with Crippen molar-refractivity contribution < 1.29 is 4.39 Å². The van der Waals surface area contributed by atoms with Gasteiger partial charge in [-0.3, -0.25) is 0 Å². The highest BCUT2D eigenvalue weighted by Crippen LogP contribution is 2.27. The Hall–Kier alpha value is -1.67. The van der Waals surface area contributed by atoms with Crippen LogP contribution in [0.3, 0.4) is 0 Å². The van der Waals surface area contributed by atoms with Crippen molar-refractivity contribution >= 4 is 0 Å². The van der Waals surface area contributed by atoms with Crippen LogP contribution in [0.25, 0.3) is 11.1 Å². The van der Waals surface area contributed by atoms with Crippen LogP contribution >= 0.6 is 0 Å². The van der Waals surface area contributed by atoms with Gasteiger partial charge in [0.1, 0.15) is 5.82 Å². The maximum atomic E-state index is 13.4. The summed E-state index contributed by atoms with van der Waals surface area (Å²) >= 11 is 0. The van der Waals surface area contributed by atoms with Crippen LogP contribution in [0.15, 0.2) is 42.5 Å². The van der Waals surface area contributed by atoms with E-state index >= 15 is 0 Å². The first-order valence-electron chi connectivity index (χ1n) is 6.20. The minimum absolute atomic E-state index is 0.225. The van der Waals surface area contributed by atoms with E-state index in [1.807, 2.05) is 12.1 Å². The Morgan fingerprint density at radius 3 is 2.56 bits per heavy atom. The fourth-order valence-electron chi connectivity index (χ4n) is 2.06. The van der Waals surface area contributed by atoms with Crippen LogP contribution in [0.1, 0.15) is 30.9 Å². The molecule has 0 amide bonds. The smallest absolute Gasteiger partial charge is 0.123 e. The molecule has 0 spiro atoms. The summed E-state index contributed by atoms with van der Waals surface area (Å²) in [5.41, 5.74) is 9.85. The van der Waals surface area contributed by atoms with Crippen LogP contribution in [0.4, 0.5) is 4.39 Å². The predicted octanol–water partition coefficient (Wildman–Crippen LogP) is 4.07. The molecule has 0 saturated carbocycles. The molecule has 0 bridgehead atoms. The van der Waals surface area contributed by atoms with Crippen LogP contribution in [-0.4, -0.2) is 0 Å². The summed E-state index contributed by atoms with van der Waals surface area (Å²) in [7, 11) is 0. The molecule has 18 heavy (non-hydrogen) atoms. The first-order valence-corrected chi connectivity index (χ1v) is 6.20. The molecule has 2 aromatic carbocycles. The summed E-state index contributed by atoms with van der Waals surface area (Å²) in [6.07, 6.45) is 0. The maximum Gasteiger partial charge on any atom is 0.123 e. The van der Waals surface area contributed by atoms with Crippen molar-refractivity contribution in [1.82, 2.24) is 0 Å². The van der Waals surface area contributed by atoms with Gasteiger partial charge in [-0.05, 0) is 40.3 Å². The topological polar surface area (TPSA) is 26.0 Å². The lowest BCUT2D eigenvalue weighted by atomic mass is 9.95. The highest BCUT2D eigenvalue weighted by Gasteiger charge is 2.07. The summed E-state index contributed by atoms with van der Waals surface area (Å²) in [6.45, 7) is 4.71. The third-order valence-corrected chi connectivity index (χ3v) is 3.16. The van der Waals surface area contributed by atoms with Gasteiger partial charge in [0.2, 0.25) is 0 Å². The first kappa shape index (κ1) is 12.8. The minimum Gasteiger partial charge on any atom is -0.326 e. The van der Waals surface area contributed by atoms with Crippen molar-refractivity contribution in [2.24, 2.45) is 5.73 Å². The van der Waals surface area contributed by atoms with E-state index in [-0.39, 0.29) is 5.82 Å². The quantitative estimate of drug-likeness (QED) is 0.863. The molecule has 0 aromatic heterocycles. The van der Waals surface area contributed by atoms with Crippen molar-refractivity contribution in [2.75, 3.05) is 0 Å². The molecule has 0 aliphatic carbocycles. The molecule has 2 rings (SSSR count). The van der Waals surface area contributed by atoms with Crippen LogP contribution in [-0.2, 0) is 6.54 Å². The largest absolute Gasteiger partial charge is 0.326 e. The van der Waals surface area contributed by atoms with Gasteiger partial charge in [0, 0.05) is 6.54 Å². The van der Waals surface area contributed by atoms with E-state index in [0.29, 0.717) is 12.5 Å². The van der Waals surface area contributed by atoms with Gasteiger partial charge in [-0.1, -0.05) is 44.2 Å². The van der Waals surface area contributed by atoms with Gasteiger partial charge in [0.05, 0.1) is 0 Å². The monoisotopic (exact) mass is 243 g/mol. The van der Waals surface area contributed by atoms with E-state index in [9.17, 15) is 4.39 Å².